The molecule has 0 aliphatic carbocycles. The summed E-state index contributed by atoms with van der Waals surface area (Å²) in [7, 11) is 5.19. The van der Waals surface area contributed by atoms with E-state index in [-0.39, 0.29) is 0 Å². The van der Waals surface area contributed by atoms with Gasteiger partial charge in [0.2, 0.25) is 0 Å². The predicted molar refractivity (Wildman–Crippen MR) is 73.4 cm³/mol. The van der Waals surface area contributed by atoms with E-state index in [1.165, 1.54) is 0 Å². The van der Waals surface area contributed by atoms with Crippen LogP contribution in [-0.4, -0.2) is 26.3 Å². The molecule has 2 aromatic rings. The van der Waals surface area contributed by atoms with Crippen LogP contribution in [0.1, 0.15) is 5.01 Å². The molecule has 0 saturated carbocycles. The van der Waals surface area contributed by atoms with E-state index in [4.69, 9.17) is 9.47 Å². The molecule has 0 unspecified atom stereocenters. The number of nitrogens with one attached hydrogen (secondary N) is 1. The lowest BCUT2D eigenvalue weighted by Gasteiger charge is -2.08. The van der Waals surface area contributed by atoms with Gasteiger partial charge in [-0.15, -0.1) is 11.3 Å². The third-order valence-corrected chi connectivity index (χ3v) is 3.60. The largest absolute Gasteiger partial charge is 0.493 e. The summed E-state index contributed by atoms with van der Waals surface area (Å²) >= 11 is 1.67. The van der Waals surface area contributed by atoms with Crippen molar-refractivity contribution in [3.05, 3.63) is 29.4 Å². The number of hydrogen-bond acceptors (Lipinski definition) is 5. The molecule has 5 heteroatoms. The van der Waals surface area contributed by atoms with Crippen molar-refractivity contribution in [2.24, 2.45) is 0 Å². The van der Waals surface area contributed by atoms with Crippen LogP contribution in [0.5, 0.6) is 11.5 Å². The fourth-order valence-electron chi connectivity index (χ4n) is 1.67. The minimum absolute atomic E-state index is 0.735. The first-order valence-corrected chi connectivity index (χ1v) is 6.42. The molecule has 1 N–H and O–H groups in total. The molecular formula is C13H16N2O2S. The molecule has 0 spiro atoms. The topological polar surface area (TPSA) is 43.4 Å². The molecule has 4 nitrogen and oxygen atoms in total. The van der Waals surface area contributed by atoms with E-state index in [9.17, 15) is 0 Å². The first kappa shape index (κ1) is 12.9. The maximum absolute atomic E-state index is 5.30. The molecular weight excluding hydrogens is 248 g/mol. The van der Waals surface area contributed by atoms with Crippen molar-refractivity contribution in [2.45, 2.75) is 6.54 Å². The van der Waals surface area contributed by atoms with E-state index in [0.717, 1.165) is 33.5 Å². The fourth-order valence-corrected chi connectivity index (χ4v) is 2.59. The molecule has 1 heterocycles. The second kappa shape index (κ2) is 5.84. The van der Waals surface area contributed by atoms with Crippen LogP contribution in [-0.2, 0) is 6.54 Å². The molecule has 2 rings (SSSR count). The highest BCUT2D eigenvalue weighted by molar-refractivity contribution is 7.15. The van der Waals surface area contributed by atoms with Gasteiger partial charge in [0.05, 0.1) is 19.1 Å². The van der Waals surface area contributed by atoms with E-state index >= 15 is 0 Å². The Labute approximate surface area is 111 Å². The van der Waals surface area contributed by atoms with Gasteiger partial charge in [-0.05, 0) is 30.8 Å². The number of thiazole rings is 1. The molecule has 0 atom stereocenters. The molecule has 0 aliphatic rings. The Morgan fingerprint density at radius 2 is 2.00 bits per heavy atom. The standard InChI is InChI=1S/C13H16N2O2S/c1-14-8-13-15-7-12(18-13)9-4-5-10(16-2)11(6-9)17-3/h4-7,14H,8H2,1-3H3. The molecule has 0 aliphatic heterocycles. The van der Waals surface area contributed by atoms with Gasteiger partial charge in [-0.25, -0.2) is 4.98 Å². The van der Waals surface area contributed by atoms with Gasteiger partial charge in [0.15, 0.2) is 11.5 Å². The third-order valence-electron chi connectivity index (χ3n) is 2.55. The molecule has 1 aromatic heterocycles. The Bertz CT molecular complexity index is 525. The van der Waals surface area contributed by atoms with Gasteiger partial charge in [-0.1, -0.05) is 0 Å². The van der Waals surface area contributed by atoms with Crippen molar-refractivity contribution >= 4 is 11.3 Å². The van der Waals surface area contributed by atoms with E-state index in [2.05, 4.69) is 10.3 Å². The SMILES string of the molecule is CNCc1ncc(-c2ccc(OC)c(OC)c2)s1. The second-order valence-electron chi connectivity index (χ2n) is 3.72. The highest BCUT2D eigenvalue weighted by atomic mass is 32.1. The lowest BCUT2D eigenvalue weighted by molar-refractivity contribution is 0.355. The minimum Gasteiger partial charge on any atom is -0.493 e. The van der Waals surface area contributed by atoms with Crippen molar-refractivity contribution in [3.63, 3.8) is 0 Å². The quantitative estimate of drug-likeness (QED) is 0.901. The van der Waals surface area contributed by atoms with Crippen LogP contribution in [0.15, 0.2) is 24.4 Å². The Morgan fingerprint density at radius 1 is 1.22 bits per heavy atom. The smallest absolute Gasteiger partial charge is 0.161 e. The highest BCUT2D eigenvalue weighted by Crippen LogP contribution is 2.34. The van der Waals surface area contributed by atoms with Gasteiger partial charge in [0, 0.05) is 12.7 Å². The normalized spacial score (nSPS) is 10.4. The summed E-state index contributed by atoms with van der Waals surface area (Å²) in [6.45, 7) is 0.790. The van der Waals surface area contributed by atoms with E-state index in [1.807, 2.05) is 31.4 Å². The van der Waals surface area contributed by atoms with Crippen molar-refractivity contribution in [1.82, 2.24) is 10.3 Å². The number of hydrogen-bond donors (Lipinski definition) is 1. The van der Waals surface area contributed by atoms with Gasteiger partial charge in [0.25, 0.3) is 0 Å². The minimum atomic E-state index is 0.735. The number of nitrogens with zero attached hydrogens (tertiary/aromatic N) is 1. The number of rotatable bonds is 5. The molecule has 18 heavy (non-hydrogen) atoms. The summed E-state index contributed by atoms with van der Waals surface area (Å²) in [6.07, 6.45) is 1.89. The van der Waals surface area contributed by atoms with Gasteiger partial charge in [0.1, 0.15) is 5.01 Å². The fraction of sp³-hybridized carbons (Fsp3) is 0.308. The zero-order valence-corrected chi connectivity index (χ0v) is 11.5. The summed E-state index contributed by atoms with van der Waals surface area (Å²) in [4.78, 5) is 5.49. The number of methoxy groups -OCH3 is 2. The van der Waals surface area contributed by atoms with Crippen molar-refractivity contribution in [1.29, 1.82) is 0 Å². The van der Waals surface area contributed by atoms with Crippen LogP contribution in [0, 0.1) is 0 Å². The van der Waals surface area contributed by atoms with Crippen molar-refractivity contribution < 1.29 is 9.47 Å². The Morgan fingerprint density at radius 3 is 2.67 bits per heavy atom. The van der Waals surface area contributed by atoms with E-state index < -0.39 is 0 Å². The molecule has 0 amide bonds. The van der Waals surface area contributed by atoms with Crippen molar-refractivity contribution in [2.75, 3.05) is 21.3 Å². The molecule has 96 valence electrons. The van der Waals surface area contributed by atoms with Crippen LogP contribution in [0.2, 0.25) is 0 Å². The third kappa shape index (κ3) is 2.63. The molecule has 0 bridgehead atoms. The average molecular weight is 264 g/mol. The van der Waals surface area contributed by atoms with Crippen LogP contribution in [0.25, 0.3) is 10.4 Å². The predicted octanol–water partition coefficient (Wildman–Crippen LogP) is 2.55. The zero-order valence-electron chi connectivity index (χ0n) is 10.7. The summed E-state index contributed by atoms with van der Waals surface area (Å²) in [5.74, 6) is 1.47. The Balaban J connectivity index is 2.31. The highest BCUT2D eigenvalue weighted by Gasteiger charge is 2.08. The Hall–Kier alpha value is -1.59. The zero-order chi connectivity index (χ0) is 13.0. The molecule has 0 saturated heterocycles. The number of ether oxygens (including phenoxy) is 2. The first-order valence-electron chi connectivity index (χ1n) is 5.60. The van der Waals surface area contributed by atoms with Gasteiger partial charge >= 0.3 is 0 Å². The average Bonchev–Trinajstić information content (AvgIpc) is 2.87. The maximum atomic E-state index is 5.30. The summed E-state index contributed by atoms with van der Waals surface area (Å²) in [5, 5.41) is 4.16. The van der Waals surface area contributed by atoms with Crippen LogP contribution >= 0.6 is 11.3 Å². The molecule has 0 fully saturated rings. The second-order valence-corrected chi connectivity index (χ2v) is 4.83. The summed E-state index contributed by atoms with van der Waals surface area (Å²) < 4.78 is 10.5. The van der Waals surface area contributed by atoms with Crippen LogP contribution in [0.4, 0.5) is 0 Å². The molecule has 0 radical (unpaired) electrons. The number of benzene rings is 1. The lowest BCUT2D eigenvalue weighted by atomic mass is 10.2. The number of aromatic nitrogens is 1. The van der Waals surface area contributed by atoms with E-state index in [0.29, 0.717) is 0 Å². The van der Waals surface area contributed by atoms with E-state index in [1.54, 1.807) is 25.6 Å². The first-order chi connectivity index (χ1) is 8.78. The van der Waals surface area contributed by atoms with Gasteiger partial charge < -0.3 is 14.8 Å². The van der Waals surface area contributed by atoms with Crippen LogP contribution in [0.3, 0.4) is 0 Å². The summed E-state index contributed by atoms with van der Waals surface area (Å²) in [6, 6.07) is 5.89. The Kier molecular flexibility index (Phi) is 4.17. The monoisotopic (exact) mass is 264 g/mol. The lowest BCUT2D eigenvalue weighted by Crippen LogP contribution is -2.03. The van der Waals surface area contributed by atoms with Crippen molar-refractivity contribution in [3.8, 4) is 21.9 Å². The maximum Gasteiger partial charge on any atom is 0.161 e. The van der Waals surface area contributed by atoms with Gasteiger partial charge in [-0.3, -0.25) is 0 Å². The summed E-state index contributed by atoms with van der Waals surface area (Å²) in [5.41, 5.74) is 1.09. The molecule has 1 aromatic carbocycles. The van der Waals surface area contributed by atoms with Crippen LogP contribution < -0.4 is 14.8 Å². The van der Waals surface area contributed by atoms with Gasteiger partial charge in [-0.2, -0.15) is 0 Å².